The number of amides is 1. The van der Waals surface area contributed by atoms with Crippen LogP contribution in [0.25, 0.3) is 0 Å². The van der Waals surface area contributed by atoms with Crippen molar-refractivity contribution in [2.24, 2.45) is 0 Å². The van der Waals surface area contributed by atoms with E-state index >= 15 is 0 Å². The largest absolute Gasteiger partial charge is 0.319 e. The van der Waals surface area contributed by atoms with E-state index in [-0.39, 0.29) is 11.6 Å². The van der Waals surface area contributed by atoms with Crippen LogP contribution < -0.4 is 10.2 Å². The molecule has 1 heterocycles. The Hall–Kier alpha value is -3.72. The van der Waals surface area contributed by atoms with Crippen LogP contribution in [0.4, 0.5) is 17.3 Å². The van der Waals surface area contributed by atoms with E-state index in [4.69, 9.17) is 5.26 Å². The molecule has 0 saturated carbocycles. The van der Waals surface area contributed by atoms with Crippen molar-refractivity contribution in [1.82, 2.24) is 9.97 Å². The Morgan fingerprint density at radius 1 is 1.19 bits per heavy atom. The maximum Gasteiger partial charge on any atom is 0.274 e. The van der Waals surface area contributed by atoms with Gasteiger partial charge in [0.05, 0.1) is 11.3 Å². The first-order valence-corrected chi connectivity index (χ1v) is 8.60. The molecule has 0 aliphatic carbocycles. The minimum atomic E-state index is -0.387. The van der Waals surface area contributed by atoms with Crippen molar-refractivity contribution in [3.63, 3.8) is 0 Å². The molecule has 0 aliphatic heterocycles. The van der Waals surface area contributed by atoms with Crippen molar-refractivity contribution in [3.8, 4) is 6.07 Å². The highest BCUT2D eigenvalue weighted by atomic mass is 16.1. The summed E-state index contributed by atoms with van der Waals surface area (Å²) in [5.74, 6) is 0.0611. The quantitative estimate of drug-likeness (QED) is 0.744. The van der Waals surface area contributed by atoms with E-state index in [1.54, 1.807) is 36.5 Å². The number of carbonyl (C=O) groups is 1. The van der Waals surface area contributed by atoms with Gasteiger partial charge in [-0.05, 0) is 49.7 Å². The number of aryl methyl sites for hydroxylation is 1. The molecule has 3 rings (SSSR count). The minimum absolute atomic E-state index is 0.235. The fraction of sp³-hybridized carbons (Fsp3) is 0.143. The Kier molecular flexibility index (Phi) is 5.43. The summed E-state index contributed by atoms with van der Waals surface area (Å²) in [6.45, 7) is 4.68. The number of nitriles is 1. The van der Waals surface area contributed by atoms with Crippen molar-refractivity contribution in [2.75, 3.05) is 16.8 Å². The van der Waals surface area contributed by atoms with E-state index in [2.05, 4.69) is 21.4 Å². The van der Waals surface area contributed by atoms with E-state index in [1.807, 2.05) is 43.0 Å². The molecule has 0 bridgehead atoms. The molecule has 2 aromatic carbocycles. The summed E-state index contributed by atoms with van der Waals surface area (Å²) in [5, 5.41) is 11.9. The number of nitrogens with zero attached hydrogens (tertiary/aromatic N) is 4. The van der Waals surface area contributed by atoms with Gasteiger partial charge in [0.25, 0.3) is 5.91 Å². The number of benzene rings is 2. The van der Waals surface area contributed by atoms with Gasteiger partial charge >= 0.3 is 0 Å². The second kappa shape index (κ2) is 8.11. The minimum Gasteiger partial charge on any atom is -0.319 e. The second-order valence-corrected chi connectivity index (χ2v) is 5.94. The van der Waals surface area contributed by atoms with Crippen LogP contribution in [-0.2, 0) is 0 Å². The van der Waals surface area contributed by atoms with Gasteiger partial charge in [0, 0.05) is 18.4 Å². The van der Waals surface area contributed by atoms with Gasteiger partial charge in [-0.2, -0.15) is 5.26 Å². The van der Waals surface area contributed by atoms with Gasteiger partial charge in [0.15, 0.2) is 0 Å². The monoisotopic (exact) mass is 357 g/mol. The molecule has 6 heteroatoms. The number of aromatic nitrogens is 2. The molecule has 0 aliphatic rings. The molecular weight excluding hydrogens is 338 g/mol. The summed E-state index contributed by atoms with van der Waals surface area (Å²) < 4.78 is 0. The lowest BCUT2D eigenvalue weighted by atomic mass is 10.2. The van der Waals surface area contributed by atoms with Crippen molar-refractivity contribution in [2.45, 2.75) is 13.8 Å². The molecule has 0 saturated heterocycles. The smallest absolute Gasteiger partial charge is 0.274 e. The normalized spacial score (nSPS) is 10.1. The zero-order chi connectivity index (χ0) is 19.2. The lowest BCUT2D eigenvalue weighted by Gasteiger charge is -2.21. The Morgan fingerprint density at radius 3 is 2.74 bits per heavy atom. The van der Waals surface area contributed by atoms with Crippen LogP contribution in [0.1, 0.15) is 28.5 Å². The summed E-state index contributed by atoms with van der Waals surface area (Å²) in [6.07, 6.45) is 1.56. The van der Waals surface area contributed by atoms with Crippen LogP contribution in [0.2, 0.25) is 0 Å². The zero-order valence-corrected chi connectivity index (χ0v) is 15.2. The fourth-order valence-corrected chi connectivity index (χ4v) is 2.72. The van der Waals surface area contributed by atoms with Gasteiger partial charge in [-0.3, -0.25) is 4.79 Å². The van der Waals surface area contributed by atoms with Gasteiger partial charge < -0.3 is 10.2 Å². The summed E-state index contributed by atoms with van der Waals surface area (Å²) in [5.41, 5.74) is 3.18. The molecule has 1 aromatic heterocycles. The van der Waals surface area contributed by atoms with Gasteiger partial charge in [0.2, 0.25) is 5.95 Å². The highest BCUT2D eigenvalue weighted by Gasteiger charge is 2.15. The Bertz CT molecular complexity index is 1010. The number of carbonyl (C=O) groups excluding carboxylic acids is 1. The molecule has 3 aromatic rings. The maximum atomic E-state index is 12.6. The molecule has 0 atom stereocenters. The molecule has 0 unspecified atom stereocenters. The standard InChI is InChI=1S/C21H19N5O/c1-3-26(17-9-6-7-15(2)13-17)21-23-12-11-19(25-21)20(27)24-18-10-5-4-8-16(18)14-22/h4-13H,3H2,1-2H3,(H,24,27). The number of para-hydroxylation sites is 1. The van der Waals surface area contributed by atoms with Crippen LogP contribution in [0, 0.1) is 18.3 Å². The number of nitrogens with one attached hydrogen (secondary N) is 1. The van der Waals surface area contributed by atoms with E-state index in [1.165, 1.54) is 0 Å². The first-order chi connectivity index (χ1) is 13.1. The van der Waals surface area contributed by atoms with Gasteiger partial charge in [0.1, 0.15) is 11.8 Å². The molecule has 134 valence electrons. The van der Waals surface area contributed by atoms with Gasteiger partial charge in [-0.25, -0.2) is 9.97 Å². The van der Waals surface area contributed by atoms with Crippen LogP contribution in [0.3, 0.4) is 0 Å². The van der Waals surface area contributed by atoms with Gasteiger partial charge in [-0.1, -0.05) is 24.3 Å². The SMILES string of the molecule is CCN(c1cccc(C)c1)c1nccc(C(=O)Nc2ccccc2C#N)n1. The Labute approximate surface area is 158 Å². The molecular formula is C21H19N5O. The lowest BCUT2D eigenvalue weighted by molar-refractivity contribution is 0.102. The molecule has 1 N–H and O–H groups in total. The number of hydrogen-bond donors (Lipinski definition) is 1. The highest BCUT2D eigenvalue weighted by Crippen LogP contribution is 2.23. The molecule has 0 radical (unpaired) electrons. The summed E-state index contributed by atoms with van der Waals surface area (Å²) >= 11 is 0. The Morgan fingerprint density at radius 2 is 2.00 bits per heavy atom. The highest BCUT2D eigenvalue weighted by molar-refractivity contribution is 6.03. The second-order valence-electron chi connectivity index (χ2n) is 5.94. The third-order valence-corrected chi connectivity index (χ3v) is 4.04. The van der Waals surface area contributed by atoms with Crippen molar-refractivity contribution in [3.05, 3.63) is 77.6 Å². The summed E-state index contributed by atoms with van der Waals surface area (Å²) in [6, 6.07) is 18.5. The Balaban J connectivity index is 1.88. The van der Waals surface area contributed by atoms with E-state index in [0.29, 0.717) is 23.7 Å². The predicted molar refractivity (Wildman–Crippen MR) is 105 cm³/mol. The third kappa shape index (κ3) is 4.10. The van der Waals surface area contributed by atoms with Crippen LogP contribution in [0.15, 0.2) is 60.8 Å². The molecule has 27 heavy (non-hydrogen) atoms. The van der Waals surface area contributed by atoms with Crippen LogP contribution in [-0.4, -0.2) is 22.4 Å². The zero-order valence-electron chi connectivity index (χ0n) is 15.2. The molecule has 1 amide bonds. The van der Waals surface area contributed by atoms with Crippen LogP contribution >= 0.6 is 0 Å². The van der Waals surface area contributed by atoms with Gasteiger partial charge in [-0.15, -0.1) is 0 Å². The molecule has 0 spiro atoms. The number of rotatable bonds is 5. The third-order valence-electron chi connectivity index (χ3n) is 4.04. The fourth-order valence-electron chi connectivity index (χ4n) is 2.72. The summed E-state index contributed by atoms with van der Waals surface area (Å²) in [4.78, 5) is 23.3. The van der Waals surface area contributed by atoms with Crippen molar-refractivity contribution >= 4 is 23.2 Å². The topological polar surface area (TPSA) is 81.9 Å². The number of hydrogen-bond acceptors (Lipinski definition) is 5. The number of anilines is 3. The van der Waals surface area contributed by atoms with E-state index in [0.717, 1.165) is 11.3 Å². The average Bonchev–Trinajstić information content (AvgIpc) is 2.69. The van der Waals surface area contributed by atoms with E-state index < -0.39 is 0 Å². The van der Waals surface area contributed by atoms with Crippen molar-refractivity contribution in [1.29, 1.82) is 5.26 Å². The maximum absolute atomic E-state index is 12.6. The van der Waals surface area contributed by atoms with E-state index in [9.17, 15) is 4.79 Å². The molecule has 0 fully saturated rings. The lowest BCUT2D eigenvalue weighted by Crippen LogP contribution is -2.21. The molecule has 6 nitrogen and oxygen atoms in total. The first-order valence-electron chi connectivity index (χ1n) is 8.60. The van der Waals surface area contributed by atoms with Crippen molar-refractivity contribution < 1.29 is 4.79 Å². The predicted octanol–water partition coefficient (Wildman–Crippen LogP) is 4.07. The summed E-state index contributed by atoms with van der Waals surface area (Å²) in [7, 11) is 0. The first kappa shape index (κ1) is 18.1. The van der Waals surface area contributed by atoms with Crippen LogP contribution in [0.5, 0.6) is 0 Å². The average molecular weight is 357 g/mol.